The third-order valence-corrected chi connectivity index (χ3v) is 16.9. The van der Waals surface area contributed by atoms with E-state index in [0.717, 1.165) is 44.9 Å². The van der Waals surface area contributed by atoms with Crippen molar-refractivity contribution >= 4 is 17.9 Å². The monoisotopic (exact) mass is 1200 g/mol. The fourth-order valence-corrected chi connectivity index (χ4v) is 11.2. The summed E-state index contributed by atoms with van der Waals surface area (Å²) in [6, 6.07) is 0. The highest BCUT2D eigenvalue weighted by Crippen LogP contribution is 2.19. The lowest BCUT2D eigenvalue weighted by atomic mass is 10.0. The van der Waals surface area contributed by atoms with Crippen LogP contribution in [0.15, 0.2) is 36.5 Å². The van der Waals surface area contributed by atoms with Crippen molar-refractivity contribution in [1.82, 2.24) is 0 Å². The molecule has 0 fully saturated rings. The molecule has 0 saturated carbocycles. The van der Waals surface area contributed by atoms with Crippen LogP contribution in [0.25, 0.3) is 0 Å². The molecule has 0 saturated heterocycles. The average molecular weight is 1200 g/mol. The van der Waals surface area contributed by atoms with Crippen LogP contribution in [0.1, 0.15) is 373 Å². The number of unbranched alkanes of at least 4 members (excludes halogenated alkanes) is 49. The Hall–Kier alpha value is -2.49. The number of hydrogen-bond donors (Lipinski definition) is 0. The minimum atomic E-state index is -1.62. The van der Waals surface area contributed by atoms with E-state index in [-0.39, 0.29) is 32.2 Å². The van der Waals surface area contributed by atoms with Gasteiger partial charge in [-0.05, 0) is 70.6 Å². The summed E-state index contributed by atoms with van der Waals surface area (Å²) in [6.45, 7) is 4.79. The maximum absolute atomic E-state index is 12.9. The van der Waals surface area contributed by atoms with Crippen LogP contribution in [0.3, 0.4) is 0 Å². The molecule has 0 bridgehead atoms. The number of carboxylic acid groups (broad SMARTS) is 1. The Balaban J connectivity index is 3.92. The van der Waals surface area contributed by atoms with E-state index >= 15 is 0 Å². The molecule has 0 N–H and O–H groups in total. The molecule has 0 aromatic heterocycles. The molecule has 0 heterocycles. The van der Waals surface area contributed by atoms with Crippen molar-refractivity contribution in [2.75, 3.05) is 47.5 Å². The number of likely N-dealkylation sites (N-methyl/N-ethyl adjacent to an activating group) is 1. The summed E-state index contributed by atoms with van der Waals surface area (Å²) in [5.41, 5.74) is 0. The summed E-state index contributed by atoms with van der Waals surface area (Å²) in [6.07, 6.45) is 82.6. The van der Waals surface area contributed by atoms with Gasteiger partial charge in [0.25, 0.3) is 0 Å². The van der Waals surface area contributed by atoms with E-state index in [0.29, 0.717) is 17.4 Å². The second kappa shape index (κ2) is 67.4. The molecule has 0 aromatic rings. The third-order valence-electron chi connectivity index (χ3n) is 16.9. The maximum Gasteiger partial charge on any atom is 0.306 e. The number of hydrogen-bond acceptors (Lipinski definition) is 8. The molecule has 0 amide bonds. The van der Waals surface area contributed by atoms with Crippen molar-refractivity contribution in [1.29, 1.82) is 0 Å². The molecule has 0 aromatic carbocycles. The summed E-state index contributed by atoms with van der Waals surface area (Å²) in [7, 11) is 5.94. The topological polar surface area (TPSA) is 111 Å². The van der Waals surface area contributed by atoms with Crippen LogP contribution >= 0.6 is 0 Å². The highest BCUT2D eigenvalue weighted by molar-refractivity contribution is 5.70. The summed E-state index contributed by atoms with van der Waals surface area (Å²) in [5.74, 6) is -2.26. The Morgan fingerprint density at radius 3 is 0.941 bits per heavy atom. The normalized spacial score (nSPS) is 12.8. The van der Waals surface area contributed by atoms with Crippen molar-refractivity contribution in [3.63, 3.8) is 0 Å². The van der Waals surface area contributed by atoms with Gasteiger partial charge in [0, 0.05) is 12.8 Å². The van der Waals surface area contributed by atoms with Gasteiger partial charge in [-0.3, -0.25) is 9.59 Å². The van der Waals surface area contributed by atoms with Crippen LogP contribution in [0.2, 0.25) is 0 Å². The molecule has 0 aliphatic heterocycles. The van der Waals surface area contributed by atoms with Crippen LogP contribution in [0, 0.1) is 0 Å². The van der Waals surface area contributed by atoms with Crippen LogP contribution in [-0.4, -0.2) is 82.3 Å². The molecule has 0 rings (SSSR count). The summed E-state index contributed by atoms with van der Waals surface area (Å²) in [5, 5.41) is 11.8. The number of carbonyl (C=O) groups excluding carboxylic acids is 3. The van der Waals surface area contributed by atoms with Gasteiger partial charge in [0.15, 0.2) is 12.4 Å². The van der Waals surface area contributed by atoms with Gasteiger partial charge < -0.3 is 33.3 Å². The Kier molecular flexibility index (Phi) is 65.5. The SMILES string of the molecule is CCCCCCC/C=C\C/C=C\CCCCCCCCCCCCCCCCCCCCCCCCCCCCCCCC(=O)OC(COC(=O)CCCCCCCCCCC/C=C\CCCCCCCC)COC(OCC[N+](C)(C)C)C(=O)[O-]. The molecule has 9 nitrogen and oxygen atoms in total. The lowest BCUT2D eigenvalue weighted by molar-refractivity contribution is -0.870. The highest BCUT2D eigenvalue weighted by Gasteiger charge is 2.22. The van der Waals surface area contributed by atoms with Gasteiger partial charge in [-0.25, -0.2) is 0 Å². The number of quaternary nitrogens is 1. The largest absolute Gasteiger partial charge is 0.545 e. The Morgan fingerprint density at radius 1 is 0.353 bits per heavy atom. The number of nitrogens with zero attached hydrogens (tertiary/aromatic N) is 1. The van der Waals surface area contributed by atoms with Crippen molar-refractivity contribution in [3.05, 3.63) is 36.5 Å². The van der Waals surface area contributed by atoms with Gasteiger partial charge in [-0.15, -0.1) is 0 Å². The number of allylic oxidation sites excluding steroid dienone is 6. The van der Waals surface area contributed by atoms with Gasteiger partial charge in [0.2, 0.25) is 0 Å². The summed E-state index contributed by atoms with van der Waals surface area (Å²) < 4.78 is 22.8. The zero-order valence-electron chi connectivity index (χ0n) is 57.3. The number of carboxylic acids is 1. The van der Waals surface area contributed by atoms with E-state index in [1.54, 1.807) is 0 Å². The lowest BCUT2D eigenvalue weighted by Gasteiger charge is -2.26. The van der Waals surface area contributed by atoms with E-state index in [2.05, 4.69) is 50.3 Å². The fourth-order valence-electron chi connectivity index (χ4n) is 11.2. The molecule has 0 aliphatic carbocycles. The molecule has 9 heteroatoms. The summed E-state index contributed by atoms with van der Waals surface area (Å²) >= 11 is 0. The highest BCUT2D eigenvalue weighted by atomic mass is 16.7. The van der Waals surface area contributed by atoms with Crippen molar-refractivity contribution in [3.8, 4) is 0 Å². The number of esters is 2. The van der Waals surface area contributed by atoms with Gasteiger partial charge >= 0.3 is 11.9 Å². The fraction of sp³-hybridized carbons (Fsp3) is 0.882. The van der Waals surface area contributed by atoms with E-state index < -0.39 is 24.3 Å². The lowest BCUT2D eigenvalue weighted by Crippen LogP contribution is -2.44. The molecule has 2 unspecified atom stereocenters. The maximum atomic E-state index is 12.9. The Labute approximate surface area is 528 Å². The standard InChI is InChI=1S/C76H143NO8/c1-6-8-10-12-14-16-18-20-22-24-26-27-28-29-30-31-32-33-34-35-36-37-38-39-40-41-42-43-44-45-46-47-49-51-53-55-57-59-61-63-65-67-74(79)85-72(71-84-76(75(80)81)82-69-68-77(3,4)5)70-83-73(78)66-64-62-60-58-56-54-52-50-48-25-23-21-19-17-15-13-11-9-7-2/h18,20-21,23-24,26,72,76H,6-17,19,22,25,27-71H2,1-5H3/b20-18-,23-21-,26-24-. The molecular weight excluding hydrogens is 1050 g/mol. The average Bonchev–Trinajstić information content (AvgIpc) is 3.49. The van der Waals surface area contributed by atoms with E-state index in [9.17, 15) is 19.5 Å². The number of rotatable bonds is 70. The van der Waals surface area contributed by atoms with Crippen LogP contribution < -0.4 is 5.11 Å². The molecule has 0 aliphatic rings. The minimum absolute atomic E-state index is 0.150. The number of aliphatic carboxylic acids is 1. The molecule has 0 spiro atoms. The summed E-state index contributed by atoms with van der Waals surface area (Å²) in [4.78, 5) is 37.5. The van der Waals surface area contributed by atoms with Crippen LogP contribution in [-0.2, 0) is 33.3 Å². The van der Waals surface area contributed by atoms with E-state index in [1.807, 2.05) is 21.1 Å². The molecule has 0 radical (unpaired) electrons. The van der Waals surface area contributed by atoms with Crippen molar-refractivity contribution in [2.45, 2.75) is 386 Å². The minimum Gasteiger partial charge on any atom is -0.545 e. The zero-order chi connectivity index (χ0) is 61.9. The first-order valence-corrected chi connectivity index (χ1v) is 37.1. The first kappa shape index (κ1) is 82.5. The number of carbonyl (C=O) groups is 3. The Bertz CT molecular complexity index is 1490. The van der Waals surface area contributed by atoms with E-state index in [4.69, 9.17) is 18.9 Å². The predicted molar refractivity (Wildman–Crippen MR) is 362 cm³/mol. The van der Waals surface area contributed by atoms with Gasteiger partial charge in [0.1, 0.15) is 13.2 Å². The van der Waals surface area contributed by atoms with Gasteiger partial charge in [0.05, 0.1) is 40.3 Å². The molecule has 85 heavy (non-hydrogen) atoms. The first-order valence-electron chi connectivity index (χ1n) is 37.1. The first-order chi connectivity index (χ1) is 41.6. The van der Waals surface area contributed by atoms with Crippen LogP contribution in [0.5, 0.6) is 0 Å². The second-order valence-corrected chi connectivity index (χ2v) is 26.6. The van der Waals surface area contributed by atoms with Gasteiger partial charge in [-0.1, -0.05) is 326 Å². The predicted octanol–water partition coefficient (Wildman–Crippen LogP) is 21.8. The quantitative estimate of drug-likeness (QED) is 0.0195. The second-order valence-electron chi connectivity index (χ2n) is 26.6. The number of ether oxygens (including phenoxy) is 4. The van der Waals surface area contributed by atoms with Crippen molar-refractivity contribution in [2.24, 2.45) is 0 Å². The van der Waals surface area contributed by atoms with Crippen molar-refractivity contribution < 1.29 is 42.9 Å². The van der Waals surface area contributed by atoms with Crippen LogP contribution in [0.4, 0.5) is 0 Å². The third kappa shape index (κ3) is 68.9. The van der Waals surface area contributed by atoms with E-state index in [1.165, 1.54) is 302 Å². The van der Waals surface area contributed by atoms with Gasteiger partial charge in [-0.2, -0.15) is 0 Å². The zero-order valence-corrected chi connectivity index (χ0v) is 57.3. The smallest absolute Gasteiger partial charge is 0.306 e. The molecule has 500 valence electrons. The Morgan fingerprint density at radius 2 is 0.635 bits per heavy atom. The molecular formula is C76H143NO8. The molecule has 2 atom stereocenters.